The molecule has 0 aliphatic carbocycles. The van der Waals surface area contributed by atoms with Gasteiger partial charge in [-0.2, -0.15) is 0 Å². The predicted molar refractivity (Wildman–Crippen MR) is 99.9 cm³/mol. The molecule has 2 rings (SSSR count). The van der Waals surface area contributed by atoms with Crippen LogP contribution in [0.15, 0.2) is 29.4 Å². The zero-order chi connectivity index (χ0) is 19.1. The first-order valence-corrected chi connectivity index (χ1v) is 9.41. The SMILES string of the molecule is COC(=O)c1sc(NC(=O)CCSc2ccccn2)c(C(=O)OC)c1C. The summed E-state index contributed by atoms with van der Waals surface area (Å²) in [5.41, 5.74) is 0.593. The number of ether oxygens (including phenoxy) is 2. The van der Waals surface area contributed by atoms with Gasteiger partial charge in [-0.3, -0.25) is 4.79 Å². The van der Waals surface area contributed by atoms with E-state index in [9.17, 15) is 14.4 Å². The predicted octanol–water partition coefficient (Wildman–Crippen LogP) is 3.15. The summed E-state index contributed by atoms with van der Waals surface area (Å²) in [4.78, 5) is 40.5. The number of carbonyl (C=O) groups is 3. The number of anilines is 1. The van der Waals surface area contributed by atoms with Crippen LogP contribution in [0.2, 0.25) is 0 Å². The van der Waals surface area contributed by atoms with E-state index in [4.69, 9.17) is 9.47 Å². The van der Waals surface area contributed by atoms with Crippen molar-refractivity contribution in [2.24, 2.45) is 0 Å². The van der Waals surface area contributed by atoms with Gasteiger partial charge in [0.2, 0.25) is 5.91 Å². The third-order valence-electron chi connectivity index (χ3n) is 3.38. The molecule has 26 heavy (non-hydrogen) atoms. The molecule has 0 spiro atoms. The Labute approximate surface area is 159 Å². The number of nitrogens with zero attached hydrogens (tertiary/aromatic N) is 1. The molecule has 138 valence electrons. The number of carbonyl (C=O) groups excluding carboxylic acids is 3. The van der Waals surface area contributed by atoms with Crippen molar-refractivity contribution in [3.05, 3.63) is 40.4 Å². The van der Waals surface area contributed by atoms with Crippen molar-refractivity contribution >= 4 is 45.9 Å². The van der Waals surface area contributed by atoms with Gasteiger partial charge in [0.15, 0.2) is 0 Å². The van der Waals surface area contributed by atoms with Gasteiger partial charge in [-0.1, -0.05) is 6.07 Å². The number of esters is 2. The summed E-state index contributed by atoms with van der Waals surface area (Å²) in [6.07, 6.45) is 1.92. The maximum Gasteiger partial charge on any atom is 0.348 e. The van der Waals surface area contributed by atoms with Crippen molar-refractivity contribution in [1.82, 2.24) is 4.98 Å². The third-order valence-corrected chi connectivity index (χ3v) is 5.51. The van der Waals surface area contributed by atoms with E-state index >= 15 is 0 Å². The third kappa shape index (κ3) is 4.83. The Kier molecular flexibility index (Phi) is 7.16. The lowest BCUT2D eigenvalue weighted by Crippen LogP contribution is -2.14. The van der Waals surface area contributed by atoms with Gasteiger partial charge in [0.05, 0.1) is 24.8 Å². The second kappa shape index (κ2) is 9.35. The summed E-state index contributed by atoms with van der Waals surface area (Å²) in [5.74, 6) is -0.919. The zero-order valence-corrected chi connectivity index (χ0v) is 16.2. The maximum absolute atomic E-state index is 12.2. The maximum atomic E-state index is 12.2. The van der Waals surface area contributed by atoms with E-state index in [-0.39, 0.29) is 27.8 Å². The van der Waals surface area contributed by atoms with Gasteiger partial charge >= 0.3 is 11.9 Å². The van der Waals surface area contributed by atoms with Gasteiger partial charge in [0.25, 0.3) is 0 Å². The Morgan fingerprint density at radius 3 is 2.54 bits per heavy atom. The van der Waals surface area contributed by atoms with Gasteiger partial charge < -0.3 is 14.8 Å². The van der Waals surface area contributed by atoms with Crippen LogP contribution in [-0.4, -0.2) is 42.8 Å². The first kappa shape index (κ1) is 19.9. The van der Waals surface area contributed by atoms with Gasteiger partial charge in [-0.25, -0.2) is 14.6 Å². The molecule has 0 aliphatic rings. The number of hydrogen-bond donors (Lipinski definition) is 1. The first-order chi connectivity index (χ1) is 12.5. The highest BCUT2D eigenvalue weighted by molar-refractivity contribution is 7.99. The van der Waals surface area contributed by atoms with Crippen LogP contribution in [-0.2, 0) is 14.3 Å². The monoisotopic (exact) mass is 394 g/mol. The summed E-state index contributed by atoms with van der Waals surface area (Å²) >= 11 is 2.45. The second-order valence-electron chi connectivity index (χ2n) is 5.06. The lowest BCUT2D eigenvalue weighted by Gasteiger charge is -2.06. The molecule has 1 N–H and O–H groups in total. The van der Waals surface area contributed by atoms with E-state index in [0.29, 0.717) is 11.3 Å². The molecular formula is C17H18N2O5S2. The normalized spacial score (nSPS) is 10.3. The van der Waals surface area contributed by atoms with Crippen molar-refractivity contribution in [1.29, 1.82) is 0 Å². The minimum absolute atomic E-state index is 0.170. The van der Waals surface area contributed by atoms with Crippen LogP contribution >= 0.6 is 23.1 Å². The average molecular weight is 394 g/mol. The Morgan fingerprint density at radius 1 is 1.19 bits per heavy atom. The summed E-state index contributed by atoms with van der Waals surface area (Å²) in [6, 6.07) is 5.56. The Bertz CT molecular complexity index is 805. The Morgan fingerprint density at radius 2 is 1.92 bits per heavy atom. The van der Waals surface area contributed by atoms with E-state index in [2.05, 4.69) is 10.3 Å². The molecule has 0 bridgehead atoms. The number of amides is 1. The van der Waals surface area contributed by atoms with Crippen LogP contribution in [0.3, 0.4) is 0 Å². The number of aromatic nitrogens is 1. The van der Waals surface area contributed by atoms with Crippen molar-refractivity contribution in [2.75, 3.05) is 25.3 Å². The summed E-state index contributed by atoms with van der Waals surface area (Å²) in [6.45, 7) is 1.61. The number of thioether (sulfide) groups is 1. The quantitative estimate of drug-likeness (QED) is 0.569. The van der Waals surface area contributed by atoms with Crippen molar-refractivity contribution in [3.8, 4) is 0 Å². The number of hydrogen-bond acceptors (Lipinski definition) is 8. The molecule has 0 fully saturated rings. The minimum Gasteiger partial charge on any atom is -0.465 e. The van der Waals surface area contributed by atoms with E-state index in [1.807, 2.05) is 18.2 Å². The van der Waals surface area contributed by atoms with Crippen molar-refractivity contribution in [2.45, 2.75) is 18.4 Å². The fourth-order valence-electron chi connectivity index (χ4n) is 2.11. The molecule has 2 heterocycles. The first-order valence-electron chi connectivity index (χ1n) is 7.61. The molecule has 7 nitrogen and oxygen atoms in total. The zero-order valence-electron chi connectivity index (χ0n) is 14.5. The molecule has 2 aromatic heterocycles. The van der Waals surface area contributed by atoms with Crippen molar-refractivity contribution < 1.29 is 23.9 Å². The van der Waals surface area contributed by atoms with E-state index in [0.717, 1.165) is 16.4 Å². The molecule has 9 heteroatoms. The summed E-state index contributed by atoms with van der Waals surface area (Å²) in [7, 11) is 2.50. The lowest BCUT2D eigenvalue weighted by molar-refractivity contribution is -0.115. The number of rotatable bonds is 7. The molecule has 0 saturated heterocycles. The molecule has 0 unspecified atom stereocenters. The molecule has 0 radical (unpaired) electrons. The Hall–Kier alpha value is -2.39. The van der Waals surface area contributed by atoms with Crippen LogP contribution in [0.25, 0.3) is 0 Å². The van der Waals surface area contributed by atoms with Gasteiger partial charge in [0, 0.05) is 18.4 Å². The van der Waals surface area contributed by atoms with Gasteiger partial charge in [-0.05, 0) is 24.6 Å². The minimum atomic E-state index is -0.618. The number of methoxy groups -OCH3 is 2. The van der Waals surface area contributed by atoms with E-state index < -0.39 is 11.9 Å². The highest BCUT2D eigenvalue weighted by Crippen LogP contribution is 2.34. The van der Waals surface area contributed by atoms with Gasteiger partial charge in [0.1, 0.15) is 9.88 Å². The van der Waals surface area contributed by atoms with Gasteiger partial charge in [-0.15, -0.1) is 23.1 Å². The standard InChI is InChI=1S/C17H18N2O5S2/c1-10-13(16(21)23-2)15(26-14(10)17(22)24-3)19-11(20)7-9-25-12-6-4-5-8-18-12/h4-6,8H,7,9H2,1-3H3,(H,19,20). The fraction of sp³-hybridized carbons (Fsp3) is 0.294. The highest BCUT2D eigenvalue weighted by Gasteiger charge is 2.26. The fourth-order valence-corrected chi connectivity index (χ4v) is 4.04. The summed E-state index contributed by atoms with van der Waals surface area (Å²) < 4.78 is 9.47. The topological polar surface area (TPSA) is 94.6 Å². The summed E-state index contributed by atoms with van der Waals surface area (Å²) in [5, 5.41) is 3.80. The van der Waals surface area contributed by atoms with E-state index in [1.54, 1.807) is 13.1 Å². The highest BCUT2D eigenvalue weighted by atomic mass is 32.2. The number of thiophene rings is 1. The molecule has 2 aromatic rings. The smallest absolute Gasteiger partial charge is 0.348 e. The number of nitrogens with one attached hydrogen (secondary N) is 1. The Balaban J connectivity index is 2.08. The lowest BCUT2D eigenvalue weighted by atomic mass is 10.1. The molecular weight excluding hydrogens is 376 g/mol. The number of pyridine rings is 1. The molecule has 0 atom stereocenters. The molecule has 0 saturated carbocycles. The molecule has 0 aromatic carbocycles. The largest absolute Gasteiger partial charge is 0.465 e. The van der Waals surface area contributed by atoms with E-state index in [1.165, 1.54) is 26.0 Å². The van der Waals surface area contributed by atoms with Crippen LogP contribution in [0.5, 0.6) is 0 Å². The van der Waals surface area contributed by atoms with Crippen LogP contribution < -0.4 is 5.32 Å². The van der Waals surface area contributed by atoms with Crippen LogP contribution in [0, 0.1) is 6.92 Å². The molecule has 1 amide bonds. The van der Waals surface area contributed by atoms with Crippen LogP contribution in [0.4, 0.5) is 5.00 Å². The average Bonchev–Trinajstić information content (AvgIpc) is 2.97. The van der Waals surface area contributed by atoms with Crippen LogP contribution in [0.1, 0.15) is 32.0 Å². The molecule has 0 aliphatic heterocycles. The van der Waals surface area contributed by atoms with Crippen molar-refractivity contribution in [3.63, 3.8) is 0 Å². The second-order valence-corrected chi connectivity index (χ2v) is 7.19.